The summed E-state index contributed by atoms with van der Waals surface area (Å²) in [4.78, 5) is 26.1. The first-order valence-electron chi connectivity index (χ1n) is 9.31. The van der Waals surface area contributed by atoms with E-state index in [1.807, 2.05) is 31.3 Å². The van der Waals surface area contributed by atoms with Gasteiger partial charge in [-0.25, -0.2) is 0 Å². The fraction of sp³-hybridized carbons (Fsp3) is 0.429. The number of carboxylic acids is 1. The number of carbonyl (C=O) groups is 2. The van der Waals surface area contributed by atoms with Gasteiger partial charge >= 0.3 is 5.97 Å². The van der Waals surface area contributed by atoms with Crippen LogP contribution in [0.4, 0.5) is 0 Å². The predicted octanol–water partition coefficient (Wildman–Crippen LogP) is 2.73. The monoisotopic (exact) mass is 370 g/mol. The minimum Gasteiger partial charge on any atom is -0.481 e. The molecule has 0 saturated carbocycles. The number of aryl methyl sites for hydroxylation is 2. The average Bonchev–Trinajstić information content (AvgIpc) is 3.12. The van der Waals surface area contributed by atoms with Gasteiger partial charge in [-0.3, -0.25) is 9.59 Å². The standard InChI is InChI=1S/C21H26N2O4/c1-23-13-11-21(12-14-23,15-19(24)25)22-20(26)18-10-9-17(27-18)8-7-16-5-3-2-4-6-16/h2-6,9-10H,7-8,11-15H2,1H3,(H,22,26)(H,24,25). The lowest BCUT2D eigenvalue weighted by molar-refractivity contribution is -0.139. The summed E-state index contributed by atoms with van der Waals surface area (Å²) in [5.41, 5.74) is 0.499. The van der Waals surface area contributed by atoms with Gasteiger partial charge in [0.15, 0.2) is 5.76 Å². The van der Waals surface area contributed by atoms with Crippen LogP contribution in [0.1, 0.15) is 41.1 Å². The van der Waals surface area contributed by atoms with E-state index in [1.165, 1.54) is 5.56 Å². The largest absolute Gasteiger partial charge is 0.481 e. The van der Waals surface area contributed by atoms with E-state index in [9.17, 15) is 14.7 Å². The first-order chi connectivity index (χ1) is 13.0. The van der Waals surface area contributed by atoms with Gasteiger partial charge in [0.2, 0.25) is 0 Å². The molecule has 6 nitrogen and oxygen atoms in total. The van der Waals surface area contributed by atoms with E-state index >= 15 is 0 Å². The van der Waals surface area contributed by atoms with Gasteiger partial charge in [0.05, 0.1) is 12.0 Å². The van der Waals surface area contributed by atoms with Crippen molar-refractivity contribution in [3.8, 4) is 0 Å². The Labute approximate surface area is 159 Å². The molecule has 2 N–H and O–H groups in total. The molecule has 1 aliphatic rings. The van der Waals surface area contributed by atoms with Crippen LogP contribution in [0, 0.1) is 0 Å². The van der Waals surface area contributed by atoms with E-state index in [0.717, 1.165) is 25.3 Å². The first kappa shape index (κ1) is 19.2. The predicted molar refractivity (Wildman–Crippen MR) is 102 cm³/mol. The Kier molecular flexibility index (Phi) is 5.96. The summed E-state index contributed by atoms with van der Waals surface area (Å²) in [7, 11) is 2.00. The summed E-state index contributed by atoms with van der Waals surface area (Å²) in [6.45, 7) is 1.52. The molecule has 0 radical (unpaired) electrons. The minimum atomic E-state index is -0.900. The molecule has 27 heavy (non-hydrogen) atoms. The highest BCUT2D eigenvalue weighted by Crippen LogP contribution is 2.26. The molecule has 1 amide bonds. The van der Waals surface area contributed by atoms with Crippen LogP contribution in [0.3, 0.4) is 0 Å². The maximum atomic E-state index is 12.7. The first-order valence-corrected chi connectivity index (χ1v) is 9.31. The number of hydrogen-bond acceptors (Lipinski definition) is 4. The lowest BCUT2D eigenvalue weighted by Crippen LogP contribution is -2.55. The SMILES string of the molecule is CN1CCC(CC(=O)O)(NC(=O)c2ccc(CCc3ccccc3)o2)CC1. The summed E-state index contributed by atoms with van der Waals surface area (Å²) >= 11 is 0. The van der Waals surface area contributed by atoms with Crippen LogP contribution in [0.15, 0.2) is 46.9 Å². The zero-order chi connectivity index (χ0) is 19.3. The number of piperidine rings is 1. The van der Waals surface area contributed by atoms with Crippen molar-refractivity contribution in [1.82, 2.24) is 10.2 Å². The van der Waals surface area contributed by atoms with Gasteiger partial charge in [0, 0.05) is 19.5 Å². The number of nitrogens with zero attached hydrogens (tertiary/aromatic N) is 1. The molecule has 3 rings (SSSR count). The molecular weight excluding hydrogens is 344 g/mol. The molecule has 1 aliphatic heterocycles. The molecule has 1 aromatic carbocycles. The van der Waals surface area contributed by atoms with Crippen LogP contribution in [0.25, 0.3) is 0 Å². The van der Waals surface area contributed by atoms with Gasteiger partial charge in [-0.15, -0.1) is 0 Å². The second-order valence-electron chi connectivity index (χ2n) is 7.36. The maximum Gasteiger partial charge on any atom is 0.305 e. The van der Waals surface area contributed by atoms with Crippen molar-refractivity contribution in [3.05, 3.63) is 59.5 Å². The molecule has 2 heterocycles. The van der Waals surface area contributed by atoms with Crippen LogP contribution >= 0.6 is 0 Å². The Morgan fingerprint density at radius 3 is 2.48 bits per heavy atom. The third-order valence-corrected chi connectivity index (χ3v) is 5.20. The van der Waals surface area contributed by atoms with Gasteiger partial charge in [-0.1, -0.05) is 30.3 Å². The van der Waals surface area contributed by atoms with Crippen LogP contribution in [-0.4, -0.2) is 47.6 Å². The van der Waals surface area contributed by atoms with E-state index in [2.05, 4.69) is 22.3 Å². The molecule has 1 aromatic heterocycles. The molecule has 2 aromatic rings. The summed E-state index contributed by atoms with van der Waals surface area (Å²) < 4.78 is 5.71. The summed E-state index contributed by atoms with van der Waals surface area (Å²) in [6, 6.07) is 13.6. The Hall–Kier alpha value is -2.60. The number of carbonyl (C=O) groups excluding carboxylic acids is 1. The second kappa shape index (κ2) is 8.39. The lowest BCUT2D eigenvalue weighted by atomic mass is 9.84. The highest BCUT2D eigenvalue weighted by atomic mass is 16.4. The number of amides is 1. The lowest BCUT2D eigenvalue weighted by Gasteiger charge is -2.40. The van der Waals surface area contributed by atoms with E-state index in [-0.39, 0.29) is 18.1 Å². The number of hydrogen-bond donors (Lipinski definition) is 2. The average molecular weight is 370 g/mol. The van der Waals surface area contributed by atoms with Crippen molar-refractivity contribution in [2.24, 2.45) is 0 Å². The van der Waals surface area contributed by atoms with E-state index in [4.69, 9.17) is 4.42 Å². The zero-order valence-electron chi connectivity index (χ0n) is 15.6. The second-order valence-corrected chi connectivity index (χ2v) is 7.36. The molecule has 0 aliphatic carbocycles. The maximum absolute atomic E-state index is 12.7. The molecule has 6 heteroatoms. The van der Waals surface area contributed by atoms with Crippen molar-refractivity contribution in [1.29, 1.82) is 0 Å². The highest BCUT2D eigenvalue weighted by molar-refractivity contribution is 5.92. The third kappa shape index (κ3) is 5.20. The van der Waals surface area contributed by atoms with Gasteiger partial charge in [-0.2, -0.15) is 0 Å². The number of furan rings is 1. The minimum absolute atomic E-state index is 0.0752. The summed E-state index contributed by atoms with van der Waals surface area (Å²) in [5.74, 6) is -0.254. The number of rotatable bonds is 7. The van der Waals surface area contributed by atoms with Crippen LogP contribution < -0.4 is 5.32 Å². The molecule has 144 valence electrons. The zero-order valence-corrected chi connectivity index (χ0v) is 15.6. The third-order valence-electron chi connectivity index (χ3n) is 5.20. The molecule has 0 unspecified atom stereocenters. The van der Waals surface area contributed by atoms with E-state index in [1.54, 1.807) is 6.07 Å². The number of benzene rings is 1. The molecule has 1 fully saturated rings. The van der Waals surface area contributed by atoms with Crippen molar-refractivity contribution < 1.29 is 19.1 Å². The smallest absolute Gasteiger partial charge is 0.305 e. The van der Waals surface area contributed by atoms with Gasteiger partial charge < -0.3 is 19.7 Å². The fourth-order valence-corrected chi connectivity index (χ4v) is 3.53. The number of likely N-dealkylation sites (tertiary alicyclic amines) is 1. The topological polar surface area (TPSA) is 82.8 Å². The Balaban J connectivity index is 1.62. The molecule has 0 bridgehead atoms. The Bertz CT molecular complexity index is 776. The van der Waals surface area contributed by atoms with Crippen molar-refractivity contribution in [3.63, 3.8) is 0 Å². The van der Waals surface area contributed by atoms with Crippen molar-refractivity contribution in [2.75, 3.05) is 20.1 Å². The molecule has 0 spiro atoms. The molecular formula is C21H26N2O4. The van der Waals surface area contributed by atoms with E-state index in [0.29, 0.717) is 19.3 Å². The fourth-order valence-electron chi connectivity index (χ4n) is 3.53. The van der Waals surface area contributed by atoms with Crippen LogP contribution in [0.2, 0.25) is 0 Å². The normalized spacial score (nSPS) is 16.8. The number of aliphatic carboxylic acids is 1. The van der Waals surface area contributed by atoms with Crippen LogP contribution in [-0.2, 0) is 17.6 Å². The van der Waals surface area contributed by atoms with Crippen LogP contribution in [0.5, 0.6) is 0 Å². The van der Waals surface area contributed by atoms with E-state index < -0.39 is 11.5 Å². The molecule has 1 saturated heterocycles. The van der Waals surface area contributed by atoms with Crippen molar-refractivity contribution in [2.45, 2.75) is 37.6 Å². The Morgan fingerprint density at radius 2 is 1.81 bits per heavy atom. The van der Waals surface area contributed by atoms with Gasteiger partial charge in [0.25, 0.3) is 5.91 Å². The summed E-state index contributed by atoms with van der Waals surface area (Å²) in [5, 5.41) is 12.2. The highest BCUT2D eigenvalue weighted by Gasteiger charge is 2.38. The molecule has 0 atom stereocenters. The number of carboxylic acid groups (broad SMARTS) is 1. The van der Waals surface area contributed by atoms with Gasteiger partial charge in [0.1, 0.15) is 5.76 Å². The number of nitrogens with one attached hydrogen (secondary N) is 1. The Morgan fingerprint density at radius 1 is 1.11 bits per heavy atom. The summed E-state index contributed by atoms with van der Waals surface area (Å²) in [6.07, 6.45) is 2.70. The van der Waals surface area contributed by atoms with Crippen molar-refractivity contribution >= 4 is 11.9 Å². The van der Waals surface area contributed by atoms with Gasteiger partial charge in [-0.05, 0) is 44.0 Å². The quantitative estimate of drug-likeness (QED) is 0.783.